The molecule has 2 N–H and O–H groups in total. The molecule has 0 saturated heterocycles. The van der Waals surface area contributed by atoms with Gasteiger partial charge < -0.3 is 0 Å². The molecule has 0 atom stereocenters. The molecule has 9 heavy (non-hydrogen) atoms. The molecule has 0 radical (unpaired) electrons. The van der Waals surface area contributed by atoms with E-state index in [-0.39, 0.29) is 5.91 Å². The van der Waals surface area contributed by atoms with E-state index in [0.29, 0.717) is 5.25 Å². The first kappa shape index (κ1) is 8.78. The van der Waals surface area contributed by atoms with Gasteiger partial charge in [-0.2, -0.15) is 0 Å². The number of carbonyl (C=O) groups is 1. The van der Waals surface area contributed by atoms with Crippen LogP contribution in [0.5, 0.6) is 0 Å². The van der Waals surface area contributed by atoms with Crippen LogP contribution < -0.4 is 5.84 Å². The minimum atomic E-state index is -0.117. The molecule has 0 aromatic carbocycles. The van der Waals surface area contributed by atoms with Gasteiger partial charge in [-0.25, -0.2) is 10.3 Å². The van der Waals surface area contributed by atoms with E-state index in [0.717, 1.165) is 4.41 Å². The summed E-state index contributed by atoms with van der Waals surface area (Å²) in [4.78, 5) is 10.5. The molecule has 3 nitrogen and oxygen atoms in total. The topological polar surface area (TPSA) is 46.3 Å². The molecule has 0 bridgehead atoms. The second-order valence-corrected chi connectivity index (χ2v) is 3.55. The van der Waals surface area contributed by atoms with Gasteiger partial charge in [0.1, 0.15) is 0 Å². The summed E-state index contributed by atoms with van der Waals surface area (Å²) in [6.45, 7) is 5.40. The quantitative estimate of drug-likeness (QED) is 0.272. The lowest BCUT2D eigenvalue weighted by Gasteiger charge is -2.14. The highest BCUT2D eigenvalue weighted by Gasteiger charge is 2.04. The van der Waals surface area contributed by atoms with E-state index < -0.39 is 0 Å². The van der Waals surface area contributed by atoms with E-state index in [2.05, 4.69) is 0 Å². The van der Waals surface area contributed by atoms with Gasteiger partial charge in [0, 0.05) is 12.2 Å². The Morgan fingerprint density at radius 1 is 1.67 bits per heavy atom. The van der Waals surface area contributed by atoms with Gasteiger partial charge in [-0.05, 0) is 11.9 Å². The van der Waals surface area contributed by atoms with E-state index in [9.17, 15) is 4.79 Å². The first-order valence-corrected chi connectivity index (χ1v) is 3.60. The van der Waals surface area contributed by atoms with E-state index in [1.165, 1.54) is 18.9 Å². The maximum atomic E-state index is 10.5. The highest BCUT2D eigenvalue weighted by atomic mass is 32.2. The molecule has 54 valence electrons. The summed E-state index contributed by atoms with van der Waals surface area (Å²) in [7, 11) is 0. The van der Waals surface area contributed by atoms with Gasteiger partial charge in [0.05, 0.1) is 0 Å². The highest BCUT2D eigenvalue weighted by Crippen LogP contribution is 2.10. The van der Waals surface area contributed by atoms with Crippen LogP contribution in [0.2, 0.25) is 0 Å². The Kier molecular flexibility index (Phi) is 3.65. The summed E-state index contributed by atoms with van der Waals surface area (Å²) in [6, 6.07) is 0. The van der Waals surface area contributed by atoms with Gasteiger partial charge in [0.15, 0.2) is 0 Å². The smallest absolute Gasteiger partial charge is 0.243 e. The molecule has 0 fully saturated rings. The summed E-state index contributed by atoms with van der Waals surface area (Å²) >= 11 is 1.32. The third-order valence-electron chi connectivity index (χ3n) is 0.635. The first-order valence-electron chi connectivity index (χ1n) is 2.76. The minimum absolute atomic E-state index is 0.117. The summed E-state index contributed by atoms with van der Waals surface area (Å²) in [5, 5.41) is 0.360. The van der Waals surface area contributed by atoms with Crippen molar-refractivity contribution in [3.63, 3.8) is 0 Å². The van der Waals surface area contributed by atoms with E-state index in [1.54, 1.807) is 0 Å². The summed E-state index contributed by atoms with van der Waals surface area (Å²) in [5.74, 6) is 5.15. The Labute approximate surface area is 59.7 Å². The zero-order valence-electron chi connectivity index (χ0n) is 5.92. The number of hydrogen-bond donors (Lipinski definition) is 1. The lowest BCUT2D eigenvalue weighted by molar-refractivity contribution is -0.124. The Morgan fingerprint density at radius 2 is 2.11 bits per heavy atom. The average molecular weight is 148 g/mol. The SMILES string of the molecule is CC(=O)N(N)SC(C)C. The third-order valence-corrected chi connectivity index (χ3v) is 1.54. The zero-order chi connectivity index (χ0) is 7.44. The summed E-state index contributed by atoms with van der Waals surface area (Å²) in [5.41, 5.74) is 0. The molecule has 0 saturated carbocycles. The molecule has 4 heteroatoms. The van der Waals surface area contributed by atoms with Crippen molar-refractivity contribution in [3.05, 3.63) is 0 Å². The number of nitrogens with zero attached hydrogens (tertiary/aromatic N) is 1. The van der Waals surface area contributed by atoms with Crippen LogP contribution in [0.25, 0.3) is 0 Å². The molecular formula is C5H12N2OS. The molecule has 0 aliphatic heterocycles. The van der Waals surface area contributed by atoms with Crippen molar-refractivity contribution < 1.29 is 4.79 Å². The third kappa shape index (κ3) is 4.29. The number of hydrogen-bond acceptors (Lipinski definition) is 3. The maximum Gasteiger partial charge on any atom is 0.243 e. The Hall–Kier alpha value is -0.220. The van der Waals surface area contributed by atoms with Gasteiger partial charge in [0.25, 0.3) is 0 Å². The van der Waals surface area contributed by atoms with Crippen molar-refractivity contribution >= 4 is 17.9 Å². The molecule has 0 aromatic rings. The normalized spacial score (nSPS) is 9.89. The fraction of sp³-hybridized carbons (Fsp3) is 0.800. The van der Waals surface area contributed by atoms with E-state index in [4.69, 9.17) is 5.84 Å². The Morgan fingerprint density at radius 3 is 2.22 bits per heavy atom. The van der Waals surface area contributed by atoms with Gasteiger partial charge in [-0.3, -0.25) is 4.79 Å². The van der Waals surface area contributed by atoms with Gasteiger partial charge in [-0.1, -0.05) is 13.8 Å². The van der Waals surface area contributed by atoms with Crippen LogP contribution in [0.3, 0.4) is 0 Å². The van der Waals surface area contributed by atoms with E-state index >= 15 is 0 Å². The lowest BCUT2D eigenvalue weighted by Crippen LogP contribution is -2.29. The standard InChI is InChI=1S/C5H12N2OS/c1-4(2)9-7(6)5(3)8/h4H,6H2,1-3H3. The molecule has 1 amide bonds. The number of nitrogens with two attached hydrogens (primary N) is 1. The van der Waals surface area contributed by atoms with Crippen molar-refractivity contribution in [3.8, 4) is 0 Å². The van der Waals surface area contributed by atoms with Gasteiger partial charge >= 0.3 is 0 Å². The monoisotopic (exact) mass is 148 g/mol. The Balaban J connectivity index is 3.50. The number of carbonyl (C=O) groups excluding carboxylic acids is 1. The fourth-order valence-corrected chi connectivity index (χ4v) is 0.904. The molecule has 0 aliphatic rings. The number of hydrazine groups is 1. The Bertz CT molecular complexity index is 105. The van der Waals surface area contributed by atoms with Crippen molar-refractivity contribution in [2.24, 2.45) is 5.84 Å². The molecule has 0 heterocycles. The molecule has 0 aliphatic carbocycles. The van der Waals surface area contributed by atoms with Gasteiger partial charge in [-0.15, -0.1) is 0 Å². The largest absolute Gasteiger partial charge is 0.273 e. The maximum absolute atomic E-state index is 10.5. The van der Waals surface area contributed by atoms with Crippen LogP contribution in [-0.2, 0) is 4.79 Å². The van der Waals surface area contributed by atoms with Crippen molar-refractivity contribution in [1.29, 1.82) is 0 Å². The number of rotatable bonds is 2. The summed E-state index contributed by atoms with van der Waals surface area (Å²) < 4.78 is 1.14. The molecular weight excluding hydrogens is 136 g/mol. The molecule has 0 unspecified atom stereocenters. The van der Waals surface area contributed by atoms with Crippen LogP contribution in [0, 0.1) is 0 Å². The average Bonchev–Trinajstić information content (AvgIpc) is 1.63. The lowest BCUT2D eigenvalue weighted by atomic mass is 10.6. The molecule has 0 aromatic heterocycles. The second kappa shape index (κ2) is 3.74. The zero-order valence-corrected chi connectivity index (χ0v) is 6.73. The van der Waals surface area contributed by atoms with Crippen LogP contribution in [0.1, 0.15) is 20.8 Å². The van der Waals surface area contributed by atoms with Gasteiger partial charge in [0.2, 0.25) is 5.91 Å². The van der Waals surface area contributed by atoms with Crippen LogP contribution in [-0.4, -0.2) is 15.6 Å². The van der Waals surface area contributed by atoms with E-state index in [1.807, 2.05) is 13.8 Å². The van der Waals surface area contributed by atoms with Crippen molar-refractivity contribution in [2.45, 2.75) is 26.0 Å². The van der Waals surface area contributed by atoms with Crippen LogP contribution in [0.4, 0.5) is 0 Å². The highest BCUT2D eigenvalue weighted by molar-refractivity contribution is 7.98. The minimum Gasteiger partial charge on any atom is -0.273 e. The van der Waals surface area contributed by atoms with Crippen molar-refractivity contribution in [1.82, 2.24) is 4.41 Å². The number of amides is 1. The predicted molar refractivity (Wildman–Crippen MR) is 39.4 cm³/mol. The van der Waals surface area contributed by atoms with Crippen LogP contribution in [0.15, 0.2) is 0 Å². The second-order valence-electron chi connectivity index (χ2n) is 2.00. The van der Waals surface area contributed by atoms with Crippen LogP contribution >= 0.6 is 11.9 Å². The molecule has 0 rings (SSSR count). The first-order chi connectivity index (χ1) is 4.04. The summed E-state index contributed by atoms with van der Waals surface area (Å²) in [6.07, 6.45) is 0. The molecule has 0 spiro atoms. The van der Waals surface area contributed by atoms with Crippen molar-refractivity contribution in [2.75, 3.05) is 0 Å². The predicted octanol–water partition coefficient (Wildman–Crippen LogP) is 0.765. The fourth-order valence-electron chi connectivity index (χ4n) is 0.301.